The largest absolute Gasteiger partial charge is 0.377 e. The molecule has 0 aromatic carbocycles. The lowest BCUT2D eigenvalue weighted by Gasteiger charge is -2.39. The first-order chi connectivity index (χ1) is 6.95. The molecule has 90 valence electrons. The van der Waals surface area contributed by atoms with Gasteiger partial charge in [-0.25, -0.2) is 0 Å². The van der Waals surface area contributed by atoms with E-state index in [0.29, 0.717) is 12.1 Å². The molecule has 2 N–H and O–H groups in total. The maximum absolute atomic E-state index is 5.90. The minimum Gasteiger partial charge on any atom is -0.377 e. The van der Waals surface area contributed by atoms with Crippen molar-refractivity contribution in [2.45, 2.75) is 46.3 Å². The van der Waals surface area contributed by atoms with Gasteiger partial charge in [0.2, 0.25) is 0 Å². The summed E-state index contributed by atoms with van der Waals surface area (Å²) in [5, 5.41) is 0. The Labute approximate surface area is 94.0 Å². The summed E-state index contributed by atoms with van der Waals surface area (Å²) in [4.78, 5) is 2.50. The zero-order chi connectivity index (χ0) is 11.5. The minimum absolute atomic E-state index is 0.249. The van der Waals surface area contributed by atoms with Crippen molar-refractivity contribution in [2.75, 3.05) is 26.2 Å². The van der Waals surface area contributed by atoms with Crippen molar-refractivity contribution in [3.05, 3.63) is 0 Å². The van der Waals surface area contributed by atoms with E-state index in [1.807, 2.05) is 0 Å². The van der Waals surface area contributed by atoms with Crippen LogP contribution in [0.5, 0.6) is 0 Å². The zero-order valence-corrected chi connectivity index (χ0v) is 10.6. The molecule has 1 fully saturated rings. The topological polar surface area (TPSA) is 38.5 Å². The molecule has 0 aromatic rings. The Kier molecular flexibility index (Phi) is 4.56. The molecule has 0 radical (unpaired) electrons. The predicted molar refractivity (Wildman–Crippen MR) is 63.9 cm³/mol. The summed E-state index contributed by atoms with van der Waals surface area (Å²) in [6.45, 7) is 12.7. The lowest BCUT2D eigenvalue weighted by atomic mass is 9.85. The first-order valence-electron chi connectivity index (χ1n) is 6.01. The second kappa shape index (κ2) is 5.28. The van der Waals surface area contributed by atoms with Crippen LogP contribution in [0.1, 0.15) is 34.1 Å². The molecule has 1 aliphatic heterocycles. The highest BCUT2D eigenvalue weighted by Crippen LogP contribution is 2.25. The first kappa shape index (κ1) is 12.9. The number of nitrogens with zero attached hydrogens (tertiary/aromatic N) is 1. The fourth-order valence-corrected chi connectivity index (χ4v) is 2.36. The molecule has 0 saturated carbocycles. The maximum atomic E-state index is 5.90. The zero-order valence-electron chi connectivity index (χ0n) is 10.6. The normalized spacial score (nSPS) is 27.4. The quantitative estimate of drug-likeness (QED) is 0.756. The van der Waals surface area contributed by atoms with E-state index in [9.17, 15) is 0 Å². The molecular weight excluding hydrogens is 188 g/mol. The predicted octanol–water partition coefficient (Wildman–Crippen LogP) is 1.47. The summed E-state index contributed by atoms with van der Waals surface area (Å²) >= 11 is 0. The van der Waals surface area contributed by atoms with Crippen LogP contribution in [0.2, 0.25) is 0 Å². The second-order valence-electron chi connectivity index (χ2n) is 5.65. The van der Waals surface area contributed by atoms with Crippen LogP contribution in [0.15, 0.2) is 0 Å². The Hall–Kier alpha value is -0.120. The van der Waals surface area contributed by atoms with Crippen molar-refractivity contribution in [1.29, 1.82) is 0 Å². The van der Waals surface area contributed by atoms with Crippen LogP contribution in [0.25, 0.3) is 0 Å². The van der Waals surface area contributed by atoms with E-state index >= 15 is 0 Å². The number of rotatable bonds is 2. The van der Waals surface area contributed by atoms with Crippen LogP contribution < -0.4 is 5.73 Å². The average molecular weight is 214 g/mol. The lowest BCUT2D eigenvalue weighted by Crippen LogP contribution is -2.50. The minimum atomic E-state index is 0.249. The molecular formula is C12H26N2O. The maximum Gasteiger partial charge on any atom is 0.0674 e. The summed E-state index contributed by atoms with van der Waals surface area (Å²) in [6.07, 6.45) is 1.46. The van der Waals surface area contributed by atoms with Gasteiger partial charge in [-0.15, -0.1) is 0 Å². The fraction of sp³-hybridized carbons (Fsp3) is 1.00. The van der Waals surface area contributed by atoms with Crippen molar-refractivity contribution in [3.63, 3.8) is 0 Å². The first-order valence-corrected chi connectivity index (χ1v) is 6.01. The fourth-order valence-electron chi connectivity index (χ4n) is 2.36. The van der Waals surface area contributed by atoms with E-state index in [-0.39, 0.29) is 5.41 Å². The molecule has 0 bridgehead atoms. The molecule has 0 aliphatic carbocycles. The third-order valence-electron chi connectivity index (χ3n) is 3.15. The Morgan fingerprint density at radius 3 is 2.67 bits per heavy atom. The molecule has 2 unspecified atom stereocenters. The molecule has 0 aromatic heterocycles. The van der Waals surface area contributed by atoms with E-state index in [0.717, 1.165) is 32.7 Å². The van der Waals surface area contributed by atoms with Crippen LogP contribution in [0.3, 0.4) is 0 Å². The van der Waals surface area contributed by atoms with Crippen LogP contribution in [0, 0.1) is 5.41 Å². The summed E-state index contributed by atoms with van der Waals surface area (Å²) in [7, 11) is 0. The molecule has 0 spiro atoms. The Morgan fingerprint density at radius 2 is 2.13 bits per heavy atom. The van der Waals surface area contributed by atoms with Gasteiger partial charge in [-0.1, -0.05) is 20.8 Å². The van der Waals surface area contributed by atoms with Crippen LogP contribution in [-0.4, -0.2) is 43.3 Å². The summed E-state index contributed by atoms with van der Waals surface area (Å²) in [6, 6.07) is 0.460. The number of nitrogens with two attached hydrogens (primary N) is 1. The van der Waals surface area contributed by atoms with Gasteiger partial charge in [-0.3, -0.25) is 4.90 Å². The van der Waals surface area contributed by atoms with Gasteiger partial charge < -0.3 is 10.5 Å². The van der Waals surface area contributed by atoms with E-state index < -0.39 is 0 Å². The Bertz CT molecular complexity index is 189. The van der Waals surface area contributed by atoms with Gasteiger partial charge in [-0.05, 0) is 18.8 Å². The van der Waals surface area contributed by atoms with Crippen molar-refractivity contribution in [1.82, 2.24) is 4.90 Å². The summed E-state index contributed by atoms with van der Waals surface area (Å²) in [5.74, 6) is 0. The van der Waals surface area contributed by atoms with Crippen molar-refractivity contribution in [2.24, 2.45) is 11.1 Å². The van der Waals surface area contributed by atoms with Crippen molar-refractivity contribution < 1.29 is 4.74 Å². The van der Waals surface area contributed by atoms with Gasteiger partial charge in [0.15, 0.2) is 0 Å². The number of hydrogen-bond donors (Lipinski definition) is 1. The van der Waals surface area contributed by atoms with Crippen molar-refractivity contribution in [3.8, 4) is 0 Å². The van der Waals surface area contributed by atoms with Gasteiger partial charge in [0.1, 0.15) is 0 Å². The molecule has 1 saturated heterocycles. The van der Waals surface area contributed by atoms with Gasteiger partial charge in [0.25, 0.3) is 0 Å². The average Bonchev–Trinajstić information content (AvgIpc) is 2.29. The Morgan fingerprint density at radius 1 is 1.47 bits per heavy atom. The van der Waals surface area contributed by atoms with Gasteiger partial charge >= 0.3 is 0 Å². The van der Waals surface area contributed by atoms with Crippen molar-refractivity contribution >= 4 is 0 Å². The molecule has 1 aliphatic rings. The van der Waals surface area contributed by atoms with Crippen LogP contribution in [-0.2, 0) is 4.74 Å². The molecule has 1 heterocycles. The molecule has 3 nitrogen and oxygen atoms in total. The molecule has 3 heteroatoms. The number of ether oxygens (including phenoxy) is 1. The summed E-state index contributed by atoms with van der Waals surface area (Å²) in [5.41, 5.74) is 6.15. The highest BCUT2D eigenvalue weighted by Gasteiger charge is 2.30. The highest BCUT2D eigenvalue weighted by atomic mass is 16.5. The van der Waals surface area contributed by atoms with E-state index in [4.69, 9.17) is 10.5 Å². The van der Waals surface area contributed by atoms with Crippen LogP contribution >= 0.6 is 0 Å². The van der Waals surface area contributed by atoms with E-state index in [2.05, 4.69) is 32.6 Å². The summed E-state index contributed by atoms with van der Waals surface area (Å²) < 4.78 is 5.66. The SMILES string of the molecule is CC1CN(C(CN)C(C)(C)C)CCCO1. The molecule has 0 amide bonds. The van der Waals surface area contributed by atoms with Gasteiger partial charge in [0, 0.05) is 32.3 Å². The molecule has 15 heavy (non-hydrogen) atoms. The van der Waals surface area contributed by atoms with Gasteiger partial charge in [0.05, 0.1) is 6.10 Å². The molecule has 1 rings (SSSR count). The van der Waals surface area contributed by atoms with Gasteiger partial charge in [-0.2, -0.15) is 0 Å². The van der Waals surface area contributed by atoms with E-state index in [1.165, 1.54) is 0 Å². The Balaban J connectivity index is 2.65. The van der Waals surface area contributed by atoms with E-state index in [1.54, 1.807) is 0 Å². The second-order valence-corrected chi connectivity index (χ2v) is 5.65. The highest BCUT2D eigenvalue weighted by molar-refractivity contribution is 4.85. The third kappa shape index (κ3) is 3.74. The standard InChI is InChI=1S/C12H26N2O/c1-10-9-14(6-5-7-15-10)11(8-13)12(2,3)4/h10-11H,5-9,13H2,1-4H3. The smallest absolute Gasteiger partial charge is 0.0674 e. The lowest BCUT2D eigenvalue weighted by molar-refractivity contribution is 0.0450. The third-order valence-corrected chi connectivity index (χ3v) is 3.15. The van der Waals surface area contributed by atoms with Crippen LogP contribution in [0.4, 0.5) is 0 Å². The molecule has 2 atom stereocenters. The number of hydrogen-bond acceptors (Lipinski definition) is 3. The monoisotopic (exact) mass is 214 g/mol.